The zero-order valence-electron chi connectivity index (χ0n) is 10.6. The second-order valence-corrected chi connectivity index (χ2v) is 5.52. The summed E-state index contributed by atoms with van der Waals surface area (Å²) in [6.07, 6.45) is 5.96. The largest absolute Gasteiger partial charge is 0.310 e. The molecule has 1 fully saturated rings. The molecule has 0 aromatic carbocycles. The van der Waals surface area contributed by atoms with Crippen LogP contribution in [0.4, 0.5) is 0 Å². The van der Waals surface area contributed by atoms with Crippen LogP contribution in [-0.2, 0) is 6.54 Å². The van der Waals surface area contributed by atoms with Crippen molar-refractivity contribution in [1.29, 1.82) is 0 Å². The van der Waals surface area contributed by atoms with E-state index in [1.807, 2.05) is 6.20 Å². The van der Waals surface area contributed by atoms with Gasteiger partial charge in [-0.1, -0.05) is 13.8 Å². The maximum Gasteiger partial charge on any atom is 0.0535 e. The molecule has 2 unspecified atom stereocenters. The van der Waals surface area contributed by atoms with E-state index in [2.05, 4.69) is 36.3 Å². The predicted molar refractivity (Wildman–Crippen MR) is 66.1 cm³/mol. The zero-order valence-corrected chi connectivity index (χ0v) is 10.6. The van der Waals surface area contributed by atoms with Crippen molar-refractivity contribution in [2.24, 2.45) is 11.8 Å². The van der Waals surface area contributed by atoms with Gasteiger partial charge in [-0.25, -0.2) is 0 Å². The van der Waals surface area contributed by atoms with Crippen molar-refractivity contribution in [3.63, 3.8) is 0 Å². The van der Waals surface area contributed by atoms with Crippen LogP contribution in [0.2, 0.25) is 0 Å². The summed E-state index contributed by atoms with van der Waals surface area (Å²) >= 11 is 0. The van der Waals surface area contributed by atoms with E-state index in [1.54, 1.807) is 0 Å². The first-order valence-corrected chi connectivity index (χ1v) is 6.37. The van der Waals surface area contributed by atoms with Crippen LogP contribution in [0.15, 0.2) is 6.20 Å². The summed E-state index contributed by atoms with van der Waals surface area (Å²) in [6.45, 7) is 7.77. The molecule has 0 bridgehead atoms. The van der Waals surface area contributed by atoms with Crippen LogP contribution in [0, 0.1) is 18.8 Å². The van der Waals surface area contributed by atoms with E-state index in [0.717, 1.165) is 18.4 Å². The molecule has 1 saturated carbocycles. The van der Waals surface area contributed by atoms with Crippen LogP contribution < -0.4 is 5.32 Å². The molecule has 1 aromatic heterocycles. The molecule has 1 heterocycles. The Labute approximate surface area is 98.0 Å². The molecular formula is C13H23N3. The molecule has 1 aliphatic rings. The highest BCUT2D eigenvalue weighted by Crippen LogP contribution is 2.28. The predicted octanol–water partition coefficient (Wildman–Crippen LogP) is 2.63. The molecular weight excluding hydrogens is 198 g/mol. The molecule has 2 rings (SSSR count). The van der Waals surface area contributed by atoms with Gasteiger partial charge in [0.15, 0.2) is 0 Å². The minimum absolute atomic E-state index is 0.688. The maximum absolute atomic E-state index is 4.05. The molecule has 90 valence electrons. The average molecular weight is 221 g/mol. The lowest BCUT2D eigenvalue weighted by Crippen LogP contribution is -2.35. The third kappa shape index (κ3) is 2.85. The van der Waals surface area contributed by atoms with E-state index in [9.17, 15) is 0 Å². The molecule has 16 heavy (non-hydrogen) atoms. The Kier molecular flexibility index (Phi) is 3.64. The first-order valence-electron chi connectivity index (χ1n) is 6.37. The summed E-state index contributed by atoms with van der Waals surface area (Å²) in [6, 6.07) is 0.688. The Balaban J connectivity index is 1.84. The molecule has 2 N–H and O–H groups in total. The highest BCUT2D eigenvalue weighted by molar-refractivity contribution is 5.13. The van der Waals surface area contributed by atoms with Gasteiger partial charge in [-0.2, -0.15) is 5.10 Å². The van der Waals surface area contributed by atoms with Crippen LogP contribution in [0.25, 0.3) is 0 Å². The zero-order chi connectivity index (χ0) is 11.5. The molecule has 0 amide bonds. The van der Waals surface area contributed by atoms with Gasteiger partial charge in [-0.15, -0.1) is 0 Å². The Bertz CT molecular complexity index is 322. The lowest BCUT2D eigenvalue weighted by Gasteiger charge is -2.32. The van der Waals surface area contributed by atoms with E-state index in [4.69, 9.17) is 0 Å². The van der Waals surface area contributed by atoms with Crippen molar-refractivity contribution in [2.75, 3.05) is 0 Å². The number of H-pyrrole nitrogens is 1. The van der Waals surface area contributed by atoms with E-state index in [-0.39, 0.29) is 0 Å². The maximum atomic E-state index is 4.05. The Morgan fingerprint density at radius 3 is 2.56 bits per heavy atom. The summed E-state index contributed by atoms with van der Waals surface area (Å²) in [5, 5.41) is 10.7. The Morgan fingerprint density at radius 1 is 1.31 bits per heavy atom. The SMILES string of the molecule is Cc1[nH]ncc1CNC1CC(C)CC(C)C1. The van der Waals surface area contributed by atoms with Crippen molar-refractivity contribution < 1.29 is 0 Å². The second-order valence-electron chi connectivity index (χ2n) is 5.52. The average Bonchev–Trinajstić information content (AvgIpc) is 2.59. The number of aromatic amines is 1. The van der Waals surface area contributed by atoms with E-state index >= 15 is 0 Å². The van der Waals surface area contributed by atoms with E-state index < -0.39 is 0 Å². The van der Waals surface area contributed by atoms with Crippen molar-refractivity contribution in [1.82, 2.24) is 15.5 Å². The summed E-state index contributed by atoms with van der Waals surface area (Å²) in [4.78, 5) is 0. The van der Waals surface area contributed by atoms with E-state index in [1.165, 1.54) is 30.5 Å². The van der Waals surface area contributed by atoms with Gasteiger partial charge in [0.2, 0.25) is 0 Å². The fraction of sp³-hybridized carbons (Fsp3) is 0.769. The minimum Gasteiger partial charge on any atom is -0.310 e. The molecule has 3 nitrogen and oxygen atoms in total. The normalized spacial score (nSPS) is 30.6. The Hall–Kier alpha value is -0.830. The van der Waals surface area contributed by atoms with Crippen molar-refractivity contribution >= 4 is 0 Å². The smallest absolute Gasteiger partial charge is 0.0535 e. The molecule has 0 aliphatic heterocycles. The standard InChI is InChI=1S/C13H23N3/c1-9-4-10(2)6-13(5-9)14-7-12-8-15-16-11(12)3/h8-10,13-14H,4-7H2,1-3H3,(H,15,16). The van der Waals surface area contributed by atoms with Gasteiger partial charge in [-0.3, -0.25) is 5.10 Å². The minimum atomic E-state index is 0.688. The lowest BCUT2D eigenvalue weighted by molar-refractivity contribution is 0.238. The van der Waals surface area contributed by atoms with Crippen molar-refractivity contribution in [2.45, 2.75) is 52.6 Å². The van der Waals surface area contributed by atoms with Crippen LogP contribution in [0.5, 0.6) is 0 Å². The highest BCUT2D eigenvalue weighted by Gasteiger charge is 2.23. The van der Waals surface area contributed by atoms with E-state index in [0.29, 0.717) is 6.04 Å². The number of rotatable bonds is 3. The van der Waals surface area contributed by atoms with Gasteiger partial charge in [0.1, 0.15) is 0 Å². The number of nitrogens with one attached hydrogen (secondary N) is 2. The number of hydrogen-bond donors (Lipinski definition) is 2. The lowest BCUT2D eigenvalue weighted by atomic mass is 9.80. The molecule has 1 aliphatic carbocycles. The topological polar surface area (TPSA) is 40.7 Å². The molecule has 0 saturated heterocycles. The fourth-order valence-corrected chi connectivity index (χ4v) is 2.92. The van der Waals surface area contributed by atoms with Crippen LogP contribution >= 0.6 is 0 Å². The summed E-state index contributed by atoms with van der Waals surface area (Å²) in [5.41, 5.74) is 2.48. The monoisotopic (exact) mass is 221 g/mol. The van der Waals surface area contributed by atoms with Gasteiger partial charge in [0, 0.05) is 23.8 Å². The second kappa shape index (κ2) is 5.00. The summed E-state index contributed by atoms with van der Waals surface area (Å²) in [5.74, 6) is 1.73. The van der Waals surface area contributed by atoms with Gasteiger partial charge in [0.25, 0.3) is 0 Å². The fourth-order valence-electron chi connectivity index (χ4n) is 2.92. The first-order chi connectivity index (χ1) is 7.65. The van der Waals surface area contributed by atoms with Crippen molar-refractivity contribution in [3.8, 4) is 0 Å². The van der Waals surface area contributed by atoms with Crippen LogP contribution in [-0.4, -0.2) is 16.2 Å². The summed E-state index contributed by atoms with van der Waals surface area (Å²) in [7, 11) is 0. The number of hydrogen-bond acceptors (Lipinski definition) is 2. The molecule has 3 heteroatoms. The quantitative estimate of drug-likeness (QED) is 0.823. The Morgan fingerprint density at radius 2 is 2.00 bits per heavy atom. The highest BCUT2D eigenvalue weighted by atomic mass is 15.1. The molecule has 0 spiro atoms. The van der Waals surface area contributed by atoms with Crippen molar-refractivity contribution in [3.05, 3.63) is 17.5 Å². The first kappa shape index (κ1) is 11.6. The third-order valence-electron chi connectivity index (χ3n) is 3.69. The molecule has 0 radical (unpaired) electrons. The number of aromatic nitrogens is 2. The van der Waals surface area contributed by atoms with Gasteiger partial charge in [0.05, 0.1) is 6.20 Å². The molecule has 1 aromatic rings. The van der Waals surface area contributed by atoms with Gasteiger partial charge >= 0.3 is 0 Å². The van der Waals surface area contributed by atoms with Crippen LogP contribution in [0.3, 0.4) is 0 Å². The summed E-state index contributed by atoms with van der Waals surface area (Å²) < 4.78 is 0. The third-order valence-corrected chi connectivity index (χ3v) is 3.69. The molecule has 2 atom stereocenters. The number of aryl methyl sites for hydroxylation is 1. The number of nitrogens with zero attached hydrogens (tertiary/aromatic N) is 1. The van der Waals surface area contributed by atoms with Gasteiger partial charge < -0.3 is 5.32 Å². The van der Waals surface area contributed by atoms with Gasteiger partial charge in [-0.05, 0) is 38.0 Å². The van der Waals surface area contributed by atoms with Crippen LogP contribution in [0.1, 0.15) is 44.4 Å².